The average molecular weight is 280 g/mol. The smallest absolute Gasteiger partial charge is 0.303 e. The van der Waals surface area contributed by atoms with Crippen molar-refractivity contribution in [3.8, 4) is 0 Å². The van der Waals surface area contributed by atoms with E-state index in [2.05, 4.69) is 0 Å². The maximum Gasteiger partial charge on any atom is 0.303 e. The number of carbonyl (C=O) groups excluding carboxylic acids is 1. The van der Waals surface area contributed by atoms with Gasteiger partial charge in [-0.3, -0.25) is 4.79 Å². The molecule has 0 heterocycles. The van der Waals surface area contributed by atoms with Crippen molar-refractivity contribution in [1.29, 1.82) is 0 Å². The normalized spacial score (nSPS) is 14.6. The van der Waals surface area contributed by atoms with Gasteiger partial charge in [0, 0.05) is 17.2 Å². The van der Waals surface area contributed by atoms with Gasteiger partial charge in [-0.25, -0.2) is 4.21 Å². The van der Waals surface area contributed by atoms with Crippen LogP contribution in [0.1, 0.15) is 26.3 Å². The van der Waals surface area contributed by atoms with Crippen molar-refractivity contribution in [3.63, 3.8) is 0 Å². The lowest BCUT2D eigenvalue weighted by Crippen LogP contribution is -2.19. The first-order chi connectivity index (χ1) is 8.90. The van der Waals surface area contributed by atoms with E-state index in [4.69, 9.17) is 4.74 Å². The molecule has 0 fully saturated rings. The molecule has 0 N–H and O–H groups in total. The highest BCUT2D eigenvalue weighted by atomic mass is 32.2. The number of hydrogen-bond acceptors (Lipinski definition) is 3. The SMILES string of the molecule is CC(=O)O[C@H](/C=C/S(=O)c1ccc(C)cc1)C(C)C. The quantitative estimate of drug-likeness (QED) is 0.778. The highest BCUT2D eigenvalue weighted by molar-refractivity contribution is 7.88. The molecule has 1 aromatic rings. The zero-order valence-corrected chi connectivity index (χ0v) is 12.6. The summed E-state index contributed by atoms with van der Waals surface area (Å²) < 4.78 is 17.2. The number of aryl methyl sites for hydroxylation is 1. The number of ether oxygens (including phenoxy) is 1. The minimum atomic E-state index is -1.22. The fourth-order valence-corrected chi connectivity index (χ4v) is 2.35. The number of hydrogen-bond donors (Lipinski definition) is 0. The molecule has 0 aliphatic heterocycles. The van der Waals surface area contributed by atoms with E-state index < -0.39 is 10.8 Å². The monoisotopic (exact) mass is 280 g/mol. The van der Waals surface area contributed by atoms with Crippen LogP contribution in [0.2, 0.25) is 0 Å². The molecule has 0 radical (unpaired) electrons. The van der Waals surface area contributed by atoms with Gasteiger partial charge in [0.2, 0.25) is 0 Å². The Kier molecular flexibility index (Phi) is 5.96. The average Bonchev–Trinajstić information content (AvgIpc) is 2.34. The first kappa shape index (κ1) is 15.6. The van der Waals surface area contributed by atoms with Gasteiger partial charge in [0.1, 0.15) is 6.10 Å². The maximum absolute atomic E-state index is 12.1. The lowest BCUT2D eigenvalue weighted by Gasteiger charge is -2.16. The highest BCUT2D eigenvalue weighted by Gasteiger charge is 2.13. The minimum Gasteiger partial charge on any atom is -0.458 e. The molecule has 2 atom stereocenters. The Hall–Kier alpha value is -1.42. The second-order valence-corrected chi connectivity index (χ2v) is 6.10. The number of benzene rings is 1. The Balaban J connectivity index is 2.75. The molecule has 0 aromatic heterocycles. The van der Waals surface area contributed by atoms with E-state index in [1.54, 1.807) is 11.5 Å². The Morgan fingerprint density at radius 3 is 2.32 bits per heavy atom. The summed E-state index contributed by atoms with van der Waals surface area (Å²) in [6.07, 6.45) is 1.36. The molecule has 0 aliphatic rings. The van der Waals surface area contributed by atoms with Crippen molar-refractivity contribution in [2.24, 2.45) is 5.92 Å². The van der Waals surface area contributed by atoms with E-state index in [-0.39, 0.29) is 18.0 Å². The van der Waals surface area contributed by atoms with Crippen molar-refractivity contribution in [3.05, 3.63) is 41.3 Å². The molecule has 0 saturated carbocycles. The lowest BCUT2D eigenvalue weighted by atomic mass is 10.1. The van der Waals surface area contributed by atoms with E-state index in [1.165, 1.54) is 6.92 Å². The maximum atomic E-state index is 12.1. The van der Waals surface area contributed by atoms with Gasteiger partial charge in [0.05, 0.1) is 10.8 Å². The van der Waals surface area contributed by atoms with Crippen molar-refractivity contribution >= 4 is 16.8 Å². The van der Waals surface area contributed by atoms with Gasteiger partial charge in [-0.15, -0.1) is 0 Å². The lowest BCUT2D eigenvalue weighted by molar-refractivity contribution is -0.145. The Morgan fingerprint density at radius 1 is 1.26 bits per heavy atom. The minimum absolute atomic E-state index is 0.148. The van der Waals surface area contributed by atoms with Crippen LogP contribution >= 0.6 is 0 Å². The summed E-state index contributed by atoms with van der Waals surface area (Å²) in [5.74, 6) is -0.181. The Bertz CT molecular complexity index is 475. The first-order valence-corrected chi connectivity index (χ1v) is 7.44. The molecule has 1 rings (SSSR count). The molecule has 1 unspecified atom stereocenters. The third kappa shape index (κ3) is 5.39. The molecule has 1 aromatic carbocycles. The fourth-order valence-electron chi connectivity index (χ4n) is 1.49. The van der Waals surface area contributed by atoms with Crippen LogP contribution in [0, 0.1) is 12.8 Å². The summed E-state index contributed by atoms with van der Waals surface area (Å²) in [6, 6.07) is 7.53. The zero-order valence-electron chi connectivity index (χ0n) is 11.8. The molecule has 104 valence electrons. The molecule has 0 spiro atoms. The van der Waals surface area contributed by atoms with E-state index in [0.29, 0.717) is 0 Å². The molecule has 19 heavy (non-hydrogen) atoms. The Labute approximate surface area is 117 Å². The van der Waals surface area contributed by atoms with E-state index in [0.717, 1.165) is 10.5 Å². The standard InChI is InChI=1S/C15H20O3S/c1-11(2)15(18-13(4)16)9-10-19(17)14-7-5-12(3)6-8-14/h5-11,15H,1-4H3/b10-9+/t15-,19?/m1/s1. The van der Waals surface area contributed by atoms with E-state index in [1.807, 2.05) is 45.0 Å². The molecule has 4 heteroatoms. The van der Waals surface area contributed by atoms with E-state index in [9.17, 15) is 9.00 Å². The van der Waals surface area contributed by atoms with Crippen molar-refractivity contribution < 1.29 is 13.7 Å². The Morgan fingerprint density at radius 2 is 1.84 bits per heavy atom. The molecular formula is C15H20O3S. The number of esters is 1. The van der Waals surface area contributed by atoms with Crippen molar-refractivity contribution in [2.45, 2.75) is 38.7 Å². The van der Waals surface area contributed by atoms with Crippen LogP contribution in [0.5, 0.6) is 0 Å². The van der Waals surface area contributed by atoms with Gasteiger partial charge in [0.25, 0.3) is 0 Å². The van der Waals surface area contributed by atoms with Crippen LogP contribution in [-0.2, 0) is 20.3 Å². The van der Waals surface area contributed by atoms with E-state index >= 15 is 0 Å². The van der Waals surface area contributed by atoms with Gasteiger partial charge in [-0.05, 0) is 31.1 Å². The van der Waals surface area contributed by atoms with Crippen LogP contribution in [0.25, 0.3) is 0 Å². The van der Waals surface area contributed by atoms with Gasteiger partial charge in [-0.2, -0.15) is 0 Å². The number of carbonyl (C=O) groups is 1. The predicted octanol–water partition coefficient (Wildman–Crippen LogP) is 3.20. The second kappa shape index (κ2) is 7.24. The topological polar surface area (TPSA) is 43.4 Å². The highest BCUT2D eigenvalue weighted by Crippen LogP contribution is 2.13. The third-order valence-corrected chi connectivity index (χ3v) is 3.75. The van der Waals surface area contributed by atoms with Crippen LogP contribution in [0.4, 0.5) is 0 Å². The number of rotatable bonds is 5. The van der Waals surface area contributed by atoms with Crippen LogP contribution in [-0.4, -0.2) is 16.3 Å². The van der Waals surface area contributed by atoms with Crippen LogP contribution in [0.15, 0.2) is 40.6 Å². The first-order valence-electron chi connectivity index (χ1n) is 6.23. The third-order valence-electron chi connectivity index (χ3n) is 2.60. The zero-order chi connectivity index (χ0) is 14.4. The summed E-state index contributed by atoms with van der Waals surface area (Å²) in [5.41, 5.74) is 1.13. The summed E-state index contributed by atoms with van der Waals surface area (Å²) in [6.45, 7) is 7.26. The predicted molar refractivity (Wildman–Crippen MR) is 77.1 cm³/mol. The van der Waals surface area contributed by atoms with Gasteiger partial charge in [0.15, 0.2) is 0 Å². The van der Waals surface area contributed by atoms with Gasteiger partial charge < -0.3 is 4.74 Å². The van der Waals surface area contributed by atoms with Crippen LogP contribution < -0.4 is 0 Å². The van der Waals surface area contributed by atoms with Crippen LogP contribution in [0.3, 0.4) is 0 Å². The molecule has 3 nitrogen and oxygen atoms in total. The summed E-state index contributed by atoms with van der Waals surface area (Å²) >= 11 is 0. The van der Waals surface area contributed by atoms with Gasteiger partial charge in [-0.1, -0.05) is 31.5 Å². The summed E-state index contributed by atoms with van der Waals surface area (Å²) in [7, 11) is -1.22. The largest absolute Gasteiger partial charge is 0.458 e. The van der Waals surface area contributed by atoms with Crippen molar-refractivity contribution in [2.75, 3.05) is 0 Å². The molecule has 0 bridgehead atoms. The molecular weight excluding hydrogens is 260 g/mol. The molecule has 0 aliphatic carbocycles. The molecule has 0 saturated heterocycles. The summed E-state index contributed by atoms with van der Waals surface area (Å²) in [5, 5.41) is 1.58. The molecule has 0 amide bonds. The second-order valence-electron chi connectivity index (χ2n) is 4.76. The summed E-state index contributed by atoms with van der Waals surface area (Å²) in [4.78, 5) is 11.7. The van der Waals surface area contributed by atoms with Gasteiger partial charge >= 0.3 is 5.97 Å². The van der Waals surface area contributed by atoms with Crippen molar-refractivity contribution in [1.82, 2.24) is 0 Å². The fraction of sp³-hybridized carbons (Fsp3) is 0.400.